The standard InChI is InChI=1S/C8H10IN3O/c9-7-3-10-5-11-8(7)12-2-1-6(13)4-12/h3,5-6,13H,1-2,4H2/t6-/m0/s1. The van der Waals surface area contributed by atoms with Gasteiger partial charge in [-0.3, -0.25) is 0 Å². The molecule has 0 amide bonds. The van der Waals surface area contributed by atoms with Gasteiger partial charge in [-0.25, -0.2) is 9.97 Å². The molecule has 70 valence electrons. The summed E-state index contributed by atoms with van der Waals surface area (Å²) in [5.41, 5.74) is 0. The van der Waals surface area contributed by atoms with Crippen molar-refractivity contribution in [3.63, 3.8) is 0 Å². The zero-order chi connectivity index (χ0) is 9.26. The average Bonchev–Trinajstić information content (AvgIpc) is 2.53. The number of aromatic nitrogens is 2. The van der Waals surface area contributed by atoms with Crippen molar-refractivity contribution < 1.29 is 5.11 Å². The SMILES string of the molecule is O[C@H]1CCN(c2ncncc2I)C1. The van der Waals surface area contributed by atoms with Gasteiger partial charge < -0.3 is 10.0 Å². The van der Waals surface area contributed by atoms with Crippen LogP contribution >= 0.6 is 22.6 Å². The van der Waals surface area contributed by atoms with E-state index in [-0.39, 0.29) is 6.10 Å². The number of rotatable bonds is 1. The van der Waals surface area contributed by atoms with Crippen LogP contribution in [0, 0.1) is 3.57 Å². The zero-order valence-corrected chi connectivity index (χ0v) is 9.18. The molecule has 0 saturated carbocycles. The second kappa shape index (κ2) is 3.75. The van der Waals surface area contributed by atoms with Crippen molar-refractivity contribution in [1.29, 1.82) is 0 Å². The second-order valence-electron chi connectivity index (χ2n) is 3.08. The first-order chi connectivity index (χ1) is 6.27. The lowest BCUT2D eigenvalue weighted by Crippen LogP contribution is -2.23. The van der Waals surface area contributed by atoms with Crippen LogP contribution in [0.2, 0.25) is 0 Å². The van der Waals surface area contributed by atoms with Gasteiger partial charge in [0.2, 0.25) is 0 Å². The highest BCUT2D eigenvalue weighted by atomic mass is 127. The van der Waals surface area contributed by atoms with Crippen LogP contribution in [0.4, 0.5) is 5.82 Å². The molecule has 1 aliphatic rings. The van der Waals surface area contributed by atoms with Gasteiger partial charge in [-0.2, -0.15) is 0 Å². The molecule has 0 spiro atoms. The van der Waals surface area contributed by atoms with Crippen LogP contribution in [-0.4, -0.2) is 34.3 Å². The van der Waals surface area contributed by atoms with E-state index < -0.39 is 0 Å². The molecule has 2 rings (SSSR count). The Labute approximate surface area is 90.1 Å². The number of hydrogen-bond donors (Lipinski definition) is 1. The maximum absolute atomic E-state index is 9.36. The van der Waals surface area contributed by atoms with Crippen molar-refractivity contribution in [3.8, 4) is 0 Å². The van der Waals surface area contributed by atoms with E-state index in [1.165, 1.54) is 0 Å². The lowest BCUT2D eigenvalue weighted by Gasteiger charge is -2.16. The van der Waals surface area contributed by atoms with E-state index in [2.05, 4.69) is 37.5 Å². The van der Waals surface area contributed by atoms with Crippen molar-refractivity contribution in [3.05, 3.63) is 16.1 Å². The van der Waals surface area contributed by atoms with Crippen LogP contribution in [0.25, 0.3) is 0 Å². The summed E-state index contributed by atoms with van der Waals surface area (Å²) in [6, 6.07) is 0. The van der Waals surface area contributed by atoms with Crippen molar-refractivity contribution in [1.82, 2.24) is 9.97 Å². The monoisotopic (exact) mass is 291 g/mol. The van der Waals surface area contributed by atoms with E-state index in [9.17, 15) is 5.11 Å². The van der Waals surface area contributed by atoms with Crippen molar-refractivity contribution in [2.24, 2.45) is 0 Å². The highest BCUT2D eigenvalue weighted by Gasteiger charge is 2.22. The summed E-state index contributed by atoms with van der Waals surface area (Å²) in [7, 11) is 0. The van der Waals surface area contributed by atoms with Gasteiger partial charge in [-0.1, -0.05) is 0 Å². The number of anilines is 1. The molecule has 1 saturated heterocycles. The summed E-state index contributed by atoms with van der Waals surface area (Å²) in [4.78, 5) is 10.2. The summed E-state index contributed by atoms with van der Waals surface area (Å²) < 4.78 is 1.04. The highest BCUT2D eigenvalue weighted by Crippen LogP contribution is 2.22. The van der Waals surface area contributed by atoms with E-state index >= 15 is 0 Å². The highest BCUT2D eigenvalue weighted by molar-refractivity contribution is 14.1. The van der Waals surface area contributed by atoms with Crippen LogP contribution in [0.15, 0.2) is 12.5 Å². The first-order valence-corrected chi connectivity index (χ1v) is 5.24. The van der Waals surface area contributed by atoms with Gasteiger partial charge in [-0.15, -0.1) is 0 Å². The maximum Gasteiger partial charge on any atom is 0.145 e. The van der Waals surface area contributed by atoms with E-state index in [1.54, 1.807) is 12.5 Å². The number of aliphatic hydroxyl groups excluding tert-OH is 1. The van der Waals surface area contributed by atoms with E-state index in [4.69, 9.17) is 0 Å². The Bertz CT molecular complexity index is 307. The molecule has 1 aliphatic heterocycles. The minimum atomic E-state index is -0.203. The molecule has 0 bridgehead atoms. The lowest BCUT2D eigenvalue weighted by atomic mass is 10.3. The van der Waals surface area contributed by atoms with Gasteiger partial charge in [0, 0.05) is 19.3 Å². The van der Waals surface area contributed by atoms with Crippen LogP contribution in [-0.2, 0) is 0 Å². The van der Waals surface area contributed by atoms with Crippen LogP contribution in [0.5, 0.6) is 0 Å². The van der Waals surface area contributed by atoms with Crippen LogP contribution in [0.3, 0.4) is 0 Å². The fraction of sp³-hybridized carbons (Fsp3) is 0.500. The minimum absolute atomic E-state index is 0.203. The molecule has 1 aromatic heterocycles. The third-order valence-corrected chi connectivity index (χ3v) is 2.87. The van der Waals surface area contributed by atoms with Crippen molar-refractivity contribution in [2.75, 3.05) is 18.0 Å². The topological polar surface area (TPSA) is 49.2 Å². The molecule has 1 N–H and O–H groups in total. The van der Waals surface area contributed by atoms with Gasteiger partial charge in [0.05, 0.1) is 9.67 Å². The first kappa shape index (κ1) is 9.14. The largest absolute Gasteiger partial charge is 0.391 e. The average molecular weight is 291 g/mol. The smallest absolute Gasteiger partial charge is 0.145 e. The number of hydrogen-bond acceptors (Lipinski definition) is 4. The van der Waals surface area contributed by atoms with E-state index in [1.807, 2.05) is 0 Å². The fourth-order valence-corrected chi connectivity index (χ4v) is 2.11. The summed E-state index contributed by atoms with van der Waals surface area (Å²) >= 11 is 2.21. The van der Waals surface area contributed by atoms with E-state index in [0.717, 1.165) is 22.4 Å². The second-order valence-corrected chi connectivity index (χ2v) is 4.24. The number of β-amino-alcohol motifs (C(OH)–C–C–N with tert-alkyl or cyclic N) is 1. The molecule has 5 heteroatoms. The predicted molar refractivity (Wildman–Crippen MR) is 57.6 cm³/mol. The normalized spacial score (nSPS) is 22.3. The molecule has 1 atom stereocenters. The molecule has 4 nitrogen and oxygen atoms in total. The summed E-state index contributed by atoms with van der Waals surface area (Å²) in [6.45, 7) is 1.57. The van der Waals surface area contributed by atoms with Crippen molar-refractivity contribution in [2.45, 2.75) is 12.5 Å². The lowest BCUT2D eigenvalue weighted by molar-refractivity contribution is 0.198. The Hall–Kier alpha value is -0.430. The first-order valence-electron chi connectivity index (χ1n) is 4.16. The Morgan fingerprint density at radius 3 is 3.08 bits per heavy atom. The third kappa shape index (κ3) is 1.91. The van der Waals surface area contributed by atoms with Crippen molar-refractivity contribution >= 4 is 28.4 Å². The molecule has 0 aromatic carbocycles. The summed E-state index contributed by atoms with van der Waals surface area (Å²) in [5.74, 6) is 0.937. The number of halogens is 1. The Balaban J connectivity index is 2.21. The Morgan fingerprint density at radius 1 is 1.62 bits per heavy atom. The van der Waals surface area contributed by atoms with Crippen LogP contribution < -0.4 is 4.90 Å². The van der Waals surface area contributed by atoms with Gasteiger partial charge in [0.1, 0.15) is 12.1 Å². The molecule has 2 heterocycles. The minimum Gasteiger partial charge on any atom is -0.391 e. The molecule has 0 aliphatic carbocycles. The van der Waals surface area contributed by atoms with Gasteiger partial charge >= 0.3 is 0 Å². The Morgan fingerprint density at radius 2 is 2.46 bits per heavy atom. The van der Waals surface area contributed by atoms with Crippen LogP contribution in [0.1, 0.15) is 6.42 Å². The number of nitrogens with zero attached hydrogens (tertiary/aromatic N) is 3. The van der Waals surface area contributed by atoms with Gasteiger partial charge in [0.25, 0.3) is 0 Å². The quantitative estimate of drug-likeness (QED) is 0.772. The molecular weight excluding hydrogens is 281 g/mol. The molecular formula is C8H10IN3O. The maximum atomic E-state index is 9.36. The predicted octanol–water partition coefficient (Wildman–Crippen LogP) is 0.652. The fourth-order valence-electron chi connectivity index (χ4n) is 1.47. The number of aliphatic hydroxyl groups is 1. The molecule has 13 heavy (non-hydrogen) atoms. The molecule has 1 fully saturated rings. The Kier molecular flexibility index (Phi) is 2.63. The molecule has 0 unspecified atom stereocenters. The molecule has 0 radical (unpaired) electrons. The van der Waals surface area contributed by atoms with E-state index in [0.29, 0.717) is 6.54 Å². The van der Waals surface area contributed by atoms with Gasteiger partial charge in [0.15, 0.2) is 0 Å². The molecule has 1 aromatic rings. The summed E-state index contributed by atoms with van der Waals surface area (Å²) in [5, 5.41) is 9.36. The third-order valence-electron chi connectivity index (χ3n) is 2.11. The zero-order valence-electron chi connectivity index (χ0n) is 7.02. The van der Waals surface area contributed by atoms with Gasteiger partial charge in [-0.05, 0) is 29.0 Å². The summed E-state index contributed by atoms with van der Waals surface area (Å²) in [6.07, 6.45) is 3.96.